The largest absolute Gasteiger partial charge is 0.497 e. The van der Waals surface area contributed by atoms with E-state index in [1.807, 2.05) is 24.3 Å². The molecule has 2 aromatic carbocycles. The minimum atomic E-state index is -3.89. The molecule has 10 heteroatoms. The van der Waals surface area contributed by atoms with Gasteiger partial charge < -0.3 is 9.47 Å². The van der Waals surface area contributed by atoms with Gasteiger partial charge in [-0.3, -0.25) is 4.90 Å². The Labute approximate surface area is 177 Å². The summed E-state index contributed by atoms with van der Waals surface area (Å²) in [4.78, 5) is 2.05. The highest BCUT2D eigenvalue weighted by Gasteiger charge is 2.25. The summed E-state index contributed by atoms with van der Waals surface area (Å²) in [6.07, 6.45) is 1.05. The summed E-state index contributed by atoms with van der Waals surface area (Å²) in [5.41, 5.74) is 0.949. The number of methoxy groups -OCH3 is 1. The van der Waals surface area contributed by atoms with E-state index in [9.17, 15) is 16.8 Å². The van der Waals surface area contributed by atoms with Crippen LogP contribution in [0.4, 0.5) is 0 Å². The van der Waals surface area contributed by atoms with Crippen LogP contribution in [0, 0.1) is 0 Å². The van der Waals surface area contributed by atoms with Crippen LogP contribution in [-0.4, -0.2) is 67.9 Å². The first kappa shape index (κ1) is 22.7. The Morgan fingerprint density at radius 1 is 1.03 bits per heavy atom. The van der Waals surface area contributed by atoms with Gasteiger partial charge in [-0.05, 0) is 35.9 Å². The van der Waals surface area contributed by atoms with Gasteiger partial charge in [-0.25, -0.2) is 21.6 Å². The Bertz CT molecular complexity index is 1060. The summed E-state index contributed by atoms with van der Waals surface area (Å²) in [5.74, 6) is 0.720. The molecular formula is C20H26N2O6S2. The van der Waals surface area contributed by atoms with Gasteiger partial charge in [-0.15, -0.1) is 0 Å². The molecule has 0 aromatic heterocycles. The van der Waals surface area contributed by atoms with Crippen LogP contribution in [-0.2, 0) is 24.6 Å². The Morgan fingerprint density at radius 2 is 1.67 bits per heavy atom. The second kappa shape index (κ2) is 9.44. The molecule has 164 valence electrons. The number of morpholine rings is 1. The van der Waals surface area contributed by atoms with Gasteiger partial charge in [-0.2, -0.15) is 0 Å². The molecular weight excluding hydrogens is 428 g/mol. The van der Waals surface area contributed by atoms with Crippen molar-refractivity contribution in [1.29, 1.82) is 0 Å². The van der Waals surface area contributed by atoms with Gasteiger partial charge in [-0.1, -0.05) is 18.2 Å². The van der Waals surface area contributed by atoms with E-state index in [0.717, 1.165) is 17.6 Å². The van der Waals surface area contributed by atoms with E-state index in [0.29, 0.717) is 26.3 Å². The number of hydrogen-bond donors (Lipinski definition) is 1. The normalized spacial score (nSPS) is 16.9. The summed E-state index contributed by atoms with van der Waals surface area (Å²) in [7, 11) is -5.81. The number of hydrogen-bond acceptors (Lipinski definition) is 7. The van der Waals surface area contributed by atoms with Crippen molar-refractivity contribution in [3.63, 3.8) is 0 Å². The molecule has 30 heavy (non-hydrogen) atoms. The third-order valence-electron chi connectivity index (χ3n) is 5.00. The molecule has 1 heterocycles. The quantitative estimate of drug-likeness (QED) is 0.644. The second-order valence-electron chi connectivity index (χ2n) is 7.04. The number of sulfone groups is 1. The Hall–Kier alpha value is -1.98. The molecule has 1 unspecified atom stereocenters. The lowest BCUT2D eigenvalue weighted by Gasteiger charge is -2.35. The van der Waals surface area contributed by atoms with E-state index in [-0.39, 0.29) is 22.4 Å². The molecule has 0 spiro atoms. The number of benzene rings is 2. The van der Waals surface area contributed by atoms with Gasteiger partial charge in [0.05, 0.1) is 30.1 Å². The number of rotatable bonds is 8. The maximum atomic E-state index is 12.9. The van der Waals surface area contributed by atoms with E-state index in [2.05, 4.69) is 9.62 Å². The fourth-order valence-corrected chi connectivity index (χ4v) is 5.14. The van der Waals surface area contributed by atoms with Crippen molar-refractivity contribution >= 4 is 19.9 Å². The van der Waals surface area contributed by atoms with Crippen LogP contribution in [0.2, 0.25) is 0 Å². The Kier molecular flexibility index (Phi) is 7.14. The van der Waals surface area contributed by atoms with E-state index >= 15 is 0 Å². The van der Waals surface area contributed by atoms with Crippen LogP contribution < -0.4 is 9.46 Å². The van der Waals surface area contributed by atoms with Crippen molar-refractivity contribution in [2.75, 3.05) is 46.2 Å². The molecule has 0 amide bonds. The number of nitrogens with one attached hydrogen (secondary N) is 1. The number of sulfonamides is 1. The third-order valence-corrected chi connectivity index (χ3v) is 7.53. The van der Waals surface area contributed by atoms with Crippen molar-refractivity contribution < 1.29 is 26.3 Å². The maximum Gasteiger partial charge on any atom is 0.240 e. The fraction of sp³-hybridized carbons (Fsp3) is 0.400. The SMILES string of the molecule is COc1ccc(C(CNS(=O)(=O)c2cccc(S(C)(=O)=O)c2)N2CCOCC2)cc1. The van der Waals surface area contributed by atoms with E-state index < -0.39 is 19.9 Å². The lowest BCUT2D eigenvalue weighted by molar-refractivity contribution is 0.0172. The van der Waals surface area contributed by atoms with Crippen molar-refractivity contribution in [2.45, 2.75) is 15.8 Å². The third kappa shape index (κ3) is 5.58. The molecule has 0 bridgehead atoms. The summed E-state index contributed by atoms with van der Waals surface area (Å²) >= 11 is 0. The average Bonchev–Trinajstić information content (AvgIpc) is 2.74. The molecule has 1 fully saturated rings. The van der Waals surface area contributed by atoms with Gasteiger partial charge >= 0.3 is 0 Å². The number of ether oxygens (including phenoxy) is 2. The Morgan fingerprint density at radius 3 is 2.27 bits per heavy atom. The van der Waals surface area contributed by atoms with Crippen molar-refractivity contribution in [2.24, 2.45) is 0 Å². The maximum absolute atomic E-state index is 12.9. The molecule has 8 nitrogen and oxygen atoms in total. The molecule has 1 atom stereocenters. The first-order valence-corrected chi connectivity index (χ1v) is 12.8. The molecule has 1 N–H and O–H groups in total. The molecule has 2 aromatic rings. The van der Waals surface area contributed by atoms with Gasteiger partial charge in [0.25, 0.3) is 0 Å². The van der Waals surface area contributed by atoms with Crippen LogP contribution in [0.1, 0.15) is 11.6 Å². The van der Waals surface area contributed by atoms with Crippen molar-refractivity contribution in [3.05, 3.63) is 54.1 Å². The van der Waals surface area contributed by atoms with Crippen LogP contribution in [0.3, 0.4) is 0 Å². The van der Waals surface area contributed by atoms with Crippen LogP contribution in [0.25, 0.3) is 0 Å². The highest BCUT2D eigenvalue weighted by Crippen LogP contribution is 2.24. The van der Waals surface area contributed by atoms with E-state index in [1.54, 1.807) is 7.11 Å². The highest BCUT2D eigenvalue weighted by atomic mass is 32.2. The lowest BCUT2D eigenvalue weighted by Crippen LogP contribution is -2.43. The molecule has 1 saturated heterocycles. The first-order valence-electron chi connectivity index (χ1n) is 9.46. The van der Waals surface area contributed by atoms with Crippen LogP contribution in [0.5, 0.6) is 5.75 Å². The molecule has 1 aliphatic heterocycles. The van der Waals surface area contributed by atoms with Crippen molar-refractivity contribution in [3.8, 4) is 5.75 Å². The van der Waals surface area contributed by atoms with Gasteiger partial charge in [0.15, 0.2) is 9.84 Å². The van der Waals surface area contributed by atoms with Crippen LogP contribution >= 0.6 is 0 Å². The molecule has 1 aliphatic rings. The molecule has 0 saturated carbocycles. The van der Waals surface area contributed by atoms with E-state index in [4.69, 9.17) is 9.47 Å². The zero-order valence-corrected chi connectivity index (χ0v) is 18.6. The lowest BCUT2D eigenvalue weighted by atomic mass is 10.0. The monoisotopic (exact) mass is 454 g/mol. The summed E-state index contributed by atoms with van der Waals surface area (Å²) in [6.45, 7) is 2.66. The Balaban J connectivity index is 1.83. The predicted molar refractivity (Wildman–Crippen MR) is 113 cm³/mol. The molecule has 0 aliphatic carbocycles. The second-order valence-corrected chi connectivity index (χ2v) is 10.8. The van der Waals surface area contributed by atoms with Gasteiger partial charge in [0.2, 0.25) is 10.0 Å². The van der Waals surface area contributed by atoms with E-state index in [1.165, 1.54) is 24.3 Å². The zero-order chi connectivity index (χ0) is 21.8. The topological polar surface area (TPSA) is 102 Å². The molecule has 3 rings (SSSR count). The first-order chi connectivity index (χ1) is 14.2. The van der Waals surface area contributed by atoms with Crippen molar-refractivity contribution in [1.82, 2.24) is 9.62 Å². The van der Waals surface area contributed by atoms with Crippen LogP contribution in [0.15, 0.2) is 58.3 Å². The predicted octanol–water partition coefficient (Wildman–Crippen LogP) is 1.45. The standard InChI is InChI=1S/C20H26N2O6S2/c1-27-17-8-6-16(7-9-17)20(22-10-12-28-13-11-22)15-21-30(25,26)19-5-3-4-18(14-19)29(2,23)24/h3-9,14,20-21H,10-13,15H2,1-2H3. The fourth-order valence-electron chi connectivity index (χ4n) is 3.32. The zero-order valence-electron chi connectivity index (χ0n) is 16.9. The summed E-state index contributed by atoms with van der Waals surface area (Å²) in [6, 6.07) is 12.7. The van der Waals surface area contributed by atoms with Gasteiger partial charge in [0, 0.05) is 31.9 Å². The van der Waals surface area contributed by atoms with Gasteiger partial charge in [0.1, 0.15) is 5.75 Å². The summed E-state index contributed by atoms with van der Waals surface area (Å²) in [5, 5.41) is 0. The summed E-state index contributed by atoms with van der Waals surface area (Å²) < 4.78 is 62.6. The average molecular weight is 455 g/mol. The smallest absolute Gasteiger partial charge is 0.240 e. The molecule has 0 radical (unpaired) electrons. The highest BCUT2D eigenvalue weighted by molar-refractivity contribution is 7.91. The minimum Gasteiger partial charge on any atom is -0.497 e. The minimum absolute atomic E-state index is 0.0368. The number of nitrogens with zero attached hydrogens (tertiary/aromatic N) is 1.